The lowest BCUT2D eigenvalue weighted by Gasteiger charge is -1.96. The van der Waals surface area contributed by atoms with Crippen LogP contribution in [0.5, 0.6) is 0 Å². The van der Waals surface area contributed by atoms with Crippen molar-refractivity contribution in [3.05, 3.63) is 45.7 Å². The summed E-state index contributed by atoms with van der Waals surface area (Å²) < 4.78 is 0. The molecule has 0 saturated heterocycles. The first-order valence-corrected chi connectivity index (χ1v) is 3.77. The molecule has 0 radical (unpaired) electrons. The fourth-order valence-electron chi connectivity index (χ4n) is 1.28. The van der Waals surface area contributed by atoms with Crippen molar-refractivity contribution in [1.29, 1.82) is 0 Å². The highest BCUT2D eigenvalue weighted by Crippen LogP contribution is 2.22. The van der Waals surface area contributed by atoms with E-state index >= 15 is 0 Å². The molecule has 0 aliphatic carbocycles. The van der Waals surface area contributed by atoms with E-state index in [2.05, 4.69) is 10.2 Å². The van der Waals surface area contributed by atoms with Crippen molar-refractivity contribution in [3.8, 4) is 0 Å². The van der Waals surface area contributed by atoms with Gasteiger partial charge >= 0.3 is 0 Å². The minimum Gasteiger partial charge on any atom is -0.329 e. The predicted octanol–water partition coefficient (Wildman–Crippen LogP) is 1.93. The number of aromatic amines is 1. The Bertz CT molecular complexity index is 516. The maximum Gasteiger partial charge on any atom is 0.255 e. The van der Waals surface area contributed by atoms with Crippen LogP contribution < -0.4 is 5.56 Å². The summed E-state index contributed by atoms with van der Waals surface area (Å²) in [5, 5.41) is 3.91. The van der Waals surface area contributed by atoms with Gasteiger partial charge in [0.25, 0.3) is 5.56 Å². The van der Waals surface area contributed by atoms with Crippen LogP contribution in [0, 0.1) is 4.91 Å². The third kappa shape index (κ3) is 1.12. The Morgan fingerprint density at radius 1 is 1.15 bits per heavy atom. The zero-order valence-corrected chi connectivity index (χ0v) is 6.65. The molecule has 1 aromatic carbocycles. The van der Waals surface area contributed by atoms with Gasteiger partial charge in [-0.2, -0.15) is 0 Å². The second-order valence-electron chi connectivity index (χ2n) is 2.64. The number of rotatable bonds is 1. The molecule has 0 aliphatic heterocycles. The Hall–Kier alpha value is -1.97. The number of nitrogens with zero attached hydrogens (tertiary/aromatic N) is 1. The Kier molecular flexibility index (Phi) is 1.66. The molecule has 0 saturated carbocycles. The molecule has 0 unspecified atom stereocenters. The van der Waals surface area contributed by atoms with Gasteiger partial charge in [-0.15, -0.1) is 4.91 Å². The molecule has 0 atom stereocenters. The van der Waals surface area contributed by atoms with Crippen LogP contribution in [-0.4, -0.2) is 4.98 Å². The minimum absolute atomic E-state index is 0.206. The maximum atomic E-state index is 11.2. The van der Waals surface area contributed by atoms with E-state index in [4.69, 9.17) is 0 Å². The molecule has 0 bridgehead atoms. The minimum atomic E-state index is -0.206. The third-order valence-corrected chi connectivity index (χ3v) is 1.89. The van der Waals surface area contributed by atoms with Crippen LogP contribution in [0.15, 0.2) is 40.4 Å². The van der Waals surface area contributed by atoms with Crippen molar-refractivity contribution in [2.24, 2.45) is 5.18 Å². The van der Waals surface area contributed by atoms with Gasteiger partial charge in [0.05, 0.1) is 0 Å². The molecule has 0 amide bonds. The van der Waals surface area contributed by atoms with Crippen LogP contribution in [0.2, 0.25) is 0 Å². The van der Waals surface area contributed by atoms with Gasteiger partial charge < -0.3 is 4.98 Å². The topological polar surface area (TPSA) is 62.3 Å². The molecule has 13 heavy (non-hydrogen) atoms. The smallest absolute Gasteiger partial charge is 0.255 e. The summed E-state index contributed by atoms with van der Waals surface area (Å²) >= 11 is 0. The Labute approximate surface area is 73.2 Å². The number of nitrogens with one attached hydrogen (secondary N) is 1. The monoisotopic (exact) mass is 174 g/mol. The second-order valence-corrected chi connectivity index (χ2v) is 2.64. The van der Waals surface area contributed by atoms with E-state index in [1.54, 1.807) is 24.3 Å². The van der Waals surface area contributed by atoms with Crippen LogP contribution in [-0.2, 0) is 0 Å². The van der Waals surface area contributed by atoms with Gasteiger partial charge in [-0.3, -0.25) is 4.79 Å². The summed E-state index contributed by atoms with van der Waals surface area (Å²) in [5.41, 5.74) is 0.0894. The number of pyridine rings is 1. The van der Waals surface area contributed by atoms with Crippen molar-refractivity contribution in [2.45, 2.75) is 0 Å². The van der Waals surface area contributed by atoms with Crippen molar-refractivity contribution in [2.75, 3.05) is 0 Å². The first kappa shape index (κ1) is 7.67. The van der Waals surface area contributed by atoms with Gasteiger partial charge in [0.2, 0.25) is 0 Å². The lowest BCUT2D eigenvalue weighted by atomic mass is 10.1. The quantitative estimate of drug-likeness (QED) is 0.671. The van der Waals surface area contributed by atoms with Gasteiger partial charge in [-0.1, -0.05) is 6.07 Å². The Balaban J connectivity index is 3.00. The molecule has 0 spiro atoms. The fourth-order valence-corrected chi connectivity index (χ4v) is 1.28. The summed E-state index contributed by atoms with van der Waals surface area (Å²) in [4.78, 5) is 24.1. The van der Waals surface area contributed by atoms with E-state index in [1.165, 1.54) is 6.20 Å². The van der Waals surface area contributed by atoms with E-state index in [0.717, 1.165) is 0 Å². The Morgan fingerprint density at radius 2 is 2.00 bits per heavy atom. The lowest BCUT2D eigenvalue weighted by Crippen LogP contribution is -2.03. The van der Waals surface area contributed by atoms with E-state index in [0.29, 0.717) is 16.5 Å². The number of H-pyrrole nitrogens is 1. The number of aromatic nitrogens is 1. The summed E-state index contributed by atoms with van der Waals surface area (Å²) in [7, 11) is 0. The van der Waals surface area contributed by atoms with Crippen LogP contribution in [0.1, 0.15) is 0 Å². The molecule has 1 aromatic heterocycles. The van der Waals surface area contributed by atoms with Crippen molar-refractivity contribution < 1.29 is 0 Å². The molecule has 4 heteroatoms. The molecule has 1 N–H and O–H groups in total. The van der Waals surface area contributed by atoms with Crippen LogP contribution in [0.4, 0.5) is 5.69 Å². The van der Waals surface area contributed by atoms with Crippen molar-refractivity contribution in [3.63, 3.8) is 0 Å². The lowest BCUT2D eigenvalue weighted by molar-refractivity contribution is 1.27. The average molecular weight is 174 g/mol. The molecule has 0 fully saturated rings. The molecule has 1 heterocycles. The van der Waals surface area contributed by atoms with Gasteiger partial charge in [-0.25, -0.2) is 0 Å². The SMILES string of the molecule is O=Nc1cccc2c(=O)[nH]ccc12. The van der Waals surface area contributed by atoms with E-state index in [9.17, 15) is 9.70 Å². The molecular formula is C9H6N2O2. The summed E-state index contributed by atoms with van der Waals surface area (Å²) in [6.45, 7) is 0. The molecule has 4 nitrogen and oxygen atoms in total. The standard InChI is InChI=1S/C9H6N2O2/c12-9-7-2-1-3-8(11-13)6(7)4-5-10-9/h1-5H,(H,10,12). The van der Waals surface area contributed by atoms with Crippen molar-refractivity contribution in [1.82, 2.24) is 4.98 Å². The first-order valence-electron chi connectivity index (χ1n) is 3.77. The highest BCUT2D eigenvalue weighted by Gasteiger charge is 2.01. The normalized spacial score (nSPS) is 10.2. The summed E-state index contributed by atoms with van der Waals surface area (Å²) in [6.07, 6.45) is 1.50. The molecular weight excluding hydrogens is 168 g/mol. The molecule has 64 valence electrons. The fraction of sp³-hybridized carbons (Fsp3) is 0. The van der Waals surface area contributed by atoms with Gasteiger partial charge in [0, 0.05) is 17.0 Å². The van der Waals surface area contributed by atoms with Gasteiger partial charge in [-0.05, 0) is 23.4 Å². The molecule has 2 rings (SSSR count). The third-order valence-electron chi connectivity index (χ3n) is 1.89. The highest BCUT2D eigenvalue weighted by molar-refractivity contribution is 5.91. The van der Waals surface area contributed by atoms with Gasteiger partial charge in [0.1, 0.15) is 5.69 Å². The summed E-state index contributed by atoms with van der Waals surface area (Å²) in [5.74, 6) is 0. The zero-order valence-electron chi connectivity index (χ0n) is 6.65. The average Bonchev–Trinajstić information content (AvgIpc) is 2.18. The largest absolute Gasteiger partial charge is 0.329 e. The van der Waals surface area contributed by atoms with E-state index in [-0.39, 0.29) is 5.56 Å². The summed E-state index contributed by atoms with van der Waals surface area (Å²) in [6, 6.07) is 6.53. The van der Waals surface area contributed by atoms with Crippen LogP contribution in [0.25, 0.3) is 10.8 Å². The number of hydrogen-bond donors (Lipinski definition) is 1. The predicted molar refractivity (Wildman–Crippen MR) is 50.0 cm³/mol. The Morgan fingerprint density at radius 3 is 2.77 bits per heavy atom. The first-order chi connectivity index (χ1) is 6.33. The van der Waals surface area contributed by atoms with Crippen LogP contribution >= 0.6 is 0 Å². The molecule has 0 aliphatic rings. The van der Waals surface area contributed by atoms with E-state index in [1.807, 2.05) is 0 Å². The van der Waals surface area contributed by atoms with Crippen LogP contribution in [0.3, 0.4) is 0 Å². The number of benzene rings is 1. The maximum absolute atomic E-state index is 11.2. The van der Waals surface area contributed by atoms with Gasteiger partial charge in [0.15, 0.2) is 0 Å². The zero-order chi connectivity index (χ0) is 9.26. The van der Waals surface area contributed by atoms with E-state index < -0.39 is 0 Å². The number of nitroso groups, excluding NO2 is 1. The number of hydrogen-bond acceptors (Lipinski definition) is 3. The van der Waals surface area contributed by atoms with Crippen molar-refractivity contribution >= 4 is 16.5 Å². The number of fused-ring (bicyclic) bond motifs is 1. The molecule has 2 aromatic rings. The second kappa shape index (κ2) is 2.82. The highest BCUT2D eigenvalue weighted by atomic mass is 16.3.